The van der Waals surface area contributed by atoms with Gasteiger partial charge in [0.15, 0.2) is 0 Å². The Hall–Kier alpha value is -2.34. The highest BCUT2D eigenvalue weighted by Crippen LogP contribution is 2.29. The van der Waals surface area contributed by atoms with E-state index in [1.165, 1.54) is 13.6 Å². The molecule has 0 bridgehead atoms. The first-order chi connectivity index (χ1) is 11.1. The Labute approximate surface area is 136 Å². The van der Waals surface area contributed by atoms with Crippen molar-refractivity contribution in [3.63, 3.8) is 0 Å². The van der Waals surface area contributed by atoms with Crippen LogP contribution in [0, 0.1) is 12.8 Å². The topological polar surface area (TPSA) is 61.3 Å². The molecule has 0 radical (unpaired) electrons. The molecule has 1 aromatic carbocycles. The Balaban J connectivity index is 1.92. The smallest absolute Gasteiger partial charge is 0.279 e. The van der Waals surface area contributed by atoms with Gasteiger partial charge in [-0.15, -0.1) is 5.10 Å². The summed E-state index contributed by atoms with van der Waals surface area (Å²) in [5.41, 5.74) is 1.04. The predicted octanol–water partition coefficient (Wildman–Crippen LogP) is 2.02. The van der Waals surface area contributed by atoms with E-state index >= 15 is 0 Å². The second-order valence-electron chi connectivity index (χ2n) is 5.96. The molecule has 0 saturated heterocycles. The van der Waals surface area contributed by atoms with Crippen molar-refractivity contribution in [2.45, 2.75) is 26.3 Å². The number of hydrogen-bond acceptors (Lipinski definition) is 3. The molecule has 0 N–H and O–H groups in total. The van der Waals surface area contributed by atoms with E-state index in [9.17, 15) is 9.59 Å². The van der Waals surface area contributed by atoms with E-state index in [0.29, 0.717) is 23.2 Å². The molecule has 1 saturated carbocycles. The second-order valence-corrected chi connectivity index (χ2v) is 6.37. The zero-order chi connectivity index (χ0) is 16.1. The molecule has 7 heteroatoms. The molecule has 23 heavy (non-hydrogen) atoms. The molecule has 1 aliphatic rings. The Morgan fingerprint density at radius 3 is 2.78 bits per heavy atom. The average molecular weight is 331 g/mol. The first-order valence-corrected chi connectivity index (χ1v) is 7.90. The molecule has 2 aromatic heterocycles. The highest BCUT2D eigenvalue weighted by Gasteiger charge is 2.24. The molecule has 0 spiro atoms. The van der Waals surface area contributed by atoms with E-state index in [-0.39, 0.29) is 16.9 Å². The summed E-state index contributed by atoms with van der Waals surface area (Å²) in [5, 5.41) is 4.82. The number of halogens is 1. The average Bonchev–Trinajstić information content (AvgIpc) is 3.29. The number of nitrogens with zero attached hydrogens (tertiary/aromatic N) is 4. The summed E-state index contributed by atoms with van der Waals surface area (Å²) in [7, 11) is 0. The summed E-state index contributed by atoms with van der Waals surface area (Å²) in [6.45, 7) is 2.43. The second kappa shape index (κ2) is 5.09. The zero-order valence-corrected chi connectivity index (χ0v) is 13.3. The largest absolute Gasteiger partial charge is 0.350 e. The van der Waals surface area contributed by atoms with Crippen LogP contribution >= 0.6 is 11.6 Å². The molecule has 1 fully saturated rings. The van der Waals surface area contributed by atoms with Gasteiger partial charge in [-0.2, -0.15) is 0 Å². The number of benzene rings is 1. The normalized spacial score (nSPS) is 14.5. The SMILES string of the molecule is Cc1c(Cl)cccc1-n1ccn2c(=O)n(CC3CC3)nc2c1=O. The third-order valence-electron chi connectivity index (χ3n) is 4.27. The van der Waals surface area contributed by atoms with Gasteiger partial charge in [-0.3, -0.25) is 9.36 Å². The molecule has 0 aliphatic heterocycles. The van der Waals surface area contributed by atoms with Crippen molar-refractivity contribution < 1.29 is 0 Å². The van der Waals surface area contributed by atoms with Crippen molar-refractivity contribution in [2.75, 3.05) is 0 Å². The Kier molecular flexibility index (Phi) is 3.16. The third-order valence-corrected chi connectivity index (χ3v) is 4.68. The van der Waals surface area contributed by atoms with E-state index in [1.807, 2.05) is 13.0 Å². The monoisotopic (exact) mass is 330 g/mol. The molecule has 0 unspecified atom stereocenters. The zero-order valence-electron chi connectivity index (χ0n) is 12.6. The van der Waals surface area contributed by atoms with Crippen LogP contribution in [0.25, 0.3) is 11.3 Å². The minimum Gasteiger partial charge on any atom is -0.279 e. The molecule has 3 aromatic rings. The maximum Gasteiger partial charge on any atom is 0.350 e. The lowest BCUT2D eigenvalue weighted by Gasteiger charge is -2.09. The molecule has 6 nitrogen and oxygen atoms in total. The van der Waals surface area contributed by atoms with E-state index in [2.05, 4.69) is 5.10 Å². The van der Waals surface area contributed by atoms with Crippen LogP contribution in [0.4, 0.5) is 0 Å². The fourth-order valence-corrected chi connectivity index (χ4v) is 2.89. The van der Waals surface area contributed by atoms with E-state index < -0.39 is 0 Å². The predicted molar refractivity (Wildman–Crippen MR) is 87.5 cm³/mol. The molecule has 2 heterocycles. The highest BCUT2D eigenvalue weighted by molar-refractivity contribution is 6.31. The van der Waals surface area contributed by atoms with Gasteiger partial charge in [0.1, 0.15) is 0 Å². The minimum atomic E-state index is -0.329. The van der Waals surface area contributed by atoms with Gasteiger partial charge in [0, 0.05) is 24.0 Å². The van der Waals surface area contributed by atoms with Gasteiger partial charge in [0.05, 0.1) is 5.69 Å². The van der Waals surface area contributed by atoms with Crippen LogP contribution in [0.3, 0.4) is 0 Å². The number of fused-ring (bicyclic) bond motifs is 1. The van der Waals surface area contributed by atoms with Gasteiger partial charge >= 0.3 is 11.2 Å². The van der Waals surface area contributed by atoms with E-state index in [4.69, 9.17) is 11.6 Å². The maximum absolute atomic E-state index is 12.7. The summed E-state index contributed by atoms with van der Waals surface area (Å²) in [5.74, 6) is 0.509. The van der Waals surface area contributed by atoms with Crippen molar-refractivity contribution in [3.05, 3.63) is 62.0 Å². The van der Waals surface area contributed by atoms with Crippen molar-refractivity contribution in [1.82, 2.24) is 18.7 Å². The number of hydrogen-bond donors (Lipinski definition) is 0. The molecule has 0 atom stereocenters. The summed E-state index contributed by atoms with van der Waals surface area (Å²) in [6.07, 6.45) is 5.40. The van der Waals surface area contributed by atoms with Crippen LogP contribution in [-0.2, 0) is 6.54 Å². The van der Waals surface area contributed by atoms with Gasteiger partial charge in [0.2, 0.25) is 5.65 Å². The fraction of sp³-hybridized carbons (Fsp3) is 0.312. The standard InChI is InChI=1S/C16H15ClN4O2/c1-10-12(17)3-2-4-13(10)19-7-8-20-14(15(19)22)18-21(16(20)23)9-11-5-6-11/h2-4,7-8,11H,5-6,9H2,1H3. The van der Waals surface area contributed by atoms with E-state index in [1.54, 1.807) is 24.5 Å². The maximum atomic E-state index is 12.7. The van der Waals surface area contributed by atoms with Crippen LogP contribution in [0.2, 0.25) is 5.02 Å². The number of aromatic nitrogens is 4. The minimum absolute atomic E-state index is 0.137. The lowest BCUT2D eigenvalue weighted by molar-refractivity contribution is 0.545. The molecular weight excluding hydrogens is 316 g/mol. The van der Waals surface area contributed by atoms with Crippen molar-refractivity contribution in [3.8, 4) is 5.69 Å². The van der Waals surface area contributed by atoms with Gasteiger partial charge in [-0.05, 0) is 43.4 Å². The summed E-state index contributed by atoms with van der Waals surface area (Å²) < 4.78 is 4.18. The molecular formula is C16H15ClN4O2. The summed E-state index contributed by atoms with van der Waals surface area (Å²) >= 11 is 6.14. The lowest BCUT2D eigenvalue weighted by Crippen LogP contribution is -2.24. The number of rotatable bonds is 3. The van der Waals surface area contributed by atoms with Gasteiger partial charge in [0.25, 0.3) is 0 Å². The van der Waals surface area contributed by atoms with Crippen LogP contribution in [0.5, 0.6) is 0 Å². The highest BCUT2D eigenvalue weighted by atomic mass is 35.5. The van der Waals surface area contributed by atoms with Crippen LogP contribution in [0.1, 0.15) is 18.4 Å². The first-order valence-electron chi connectivity index (χ1n) is 7.52. The summed E-state index contributed by atoms with van der Waals surface area (Å²) in [6, 6.07) is 5.39. The Morgan fingerprint density at radius 2 is 2.04 bits per heavy atom. The Bertz CT molecular complexity index is 1030. The quantitative estimate of drug-likeness (QED) is 0.738. The summed E-state index contributed by atoms with van der Waals surface area (Å²) in [4.78, 5) is 25.1. The third kappa shape index (κ3) is 2.30. The molecule has 4 rings (SSSR count). The van der Waals surface area contributed by atoms with Gasteiger partial charge < -0.3 is 0 Å². The van der Waals surface area contributed by atoms with Crippen molar-refractivity contribution >= 4 is 17.2 Å². The van der Waals surface area contributed by atoms with Crippen molar-refractivity contribution in [2.24, 2.45) is 5.92 Å². The van der Waals surface area contributed by atoms with Crippen molar-refractivity contribution in [1.29, 1.82) is 0 Å². The van der Waals surface area contributed by atoms with Crippen LogP contribution < -0.4 is 11.2 Å². The first kappa shape index (κ1) is 14.3. The Morgan fingerprint density at radius 1 is 1.26 bits per heavy atom. The molecule has 1 aliphatic carbocycles. The van der Waals surface area contributed by atoms with Gasteiger partial charge in [-0.25, -0.2) is 13.9 Å². The van der Waals surface area contributed by atoms with E-state index in [0.717, 1.165) is 18.4 Å². The molecule has 118 valence electrons. The molecule has 0 amide bonds. The van der Waals surface area contributed by atoms with Crippen LogP contribution in [-0.4, -0.2) is 18.7 Å². The lowest BCUT2D eigenvalue weighted by atomic mass is 10.2. The fourth-order valence-electron chi connectivity index (χ4n) is 2.72. The van der Waals surface area contributed by atoms with Gasteiger partial charge in [-0.1, -0.05) is 17.7 Å². The van der Waals surface area contributed by atoms with Crippen LogP contribution in [0.15, 0.2) is 40.2 Å².